The first-order valence-corrected chi connectivity index (χ1v) is 5.99. The van der Waals surface area contributed by atoms with Crippen molar-refractivity contribution in [1.29, 1.82) is 0 Å². The summed E-state index contributed by atoms with van der Waals surface area (Å²) in [5, 5.41) is 12.2. The second-order valence-electron chi connectivity index (χ2n) is 4.02. The Labute approximate surface area is 118 Å². The van der Waals surface area contributed by atoms with Gasteiger partial charge in [-0.25, -0.2) is 0 Å². The number of alkyl halides is 3. The molecule has 2 aromatic carbocycles. The summed E-state index contributed by atoms with van der Waals surface area (Å²) in [6.07, 6.45) is -3.20. The first-order valence-electron chi connectivity index (χ1n) is 5.61. The minimum absolute atomic E-state index is 0.0953. The second-order valence-corrected chi connectivity index (χ2v) is 4.43. The van der Waals surface area contributed by atoms with E-state index in [2.05, 4.69) is 0 Å². The molecule has 20 heavy (non-hydrogen) atoms. The summed E-state index contributed by atoms with van der Waals surface area (Å²) in [5.41, 5.74) is -0.214. The van der Waals surface area contributed by atoms with Gasteiger partial charge in [0.15, 0.2) is 6.21 Å². The van der Waals surface area contributed by atoms with Crippen molar-refractivity contribution in [3.63, 3.8) is 0 Å². The number of nitrogens with zero attached hydrogens (tertiary/aromatic N) is 1. The van der Waals surface area contributed by atoms with Crippen molar-refractivity contribution in [3.05, 3.63) is 69.9 Å². The maximum atomic E-state index is 12.4. The lowest BCUT2D eigenvalue weighted by atomic mass is 10.2. The standard InChI is InChI=1S/C14H9ClF3NO/c15-13-4-2-1-3-10(13)9-19(20)12-7-5-11(6-8-12)14(16,17)18/h1-9H. The normalized spacial score (nSPS) is 12.5. The van der Waals surface area contributed by atoms with Crippen LogP contribution in [0.2, 0.25) is 5.02 Å². The van der Waals surface area contributed by atoms with Crippen LogP contribution in [-0.2, 0) is 6.18 Å². The topological polar surface area (TPSA) is 26.1 Å². The van der Waals surface area contributed by atoms with Crippen molar-refractivity contribution < 1.29 is 17.9 Å². The quantitative estimate of drug-likeness (QED) is 0.344. The third kappa shape index (κ3) is 3.30. The van der Waals surface area contributed by atoms with Crippen LogP contribution in [0.15, 0.2) is 48.5 Å². The molecule has 0 aromatic heterocycles. The molecule has 0 aliphatic heterocycles. The zero-order valence-corrected chi connectivity index (χ0v) is 10.8. The summed E-state index contributed by atoms with van der Waals surface area (Å²) < 4.78 is 37.7. The minimum atomic E-state index is -4.42. The lowest BCUT2D eigenvalue weighted by Gasteiger charge is -2.07. The zero-order chi connectivity index (χ0) is 14.8. The number of hydrogen-bond donors (Lipinski definition) is 0. The van der Waals surface area contributed by atoms with Crippen molar-refractivity contribution in [1.82, 2.24) is 0 Å². The molecule has 2 rings (SSSR count). The number of hydrogen-bond acceptors (Lipinski definition) is 1. The molecule has 0 spiro atoms. The van der Waals surface area contributed by atoms with Crippen molar-refractivity contribution in [3.8, 4) is 0 Å². The lowest BCUT2D eigenvalue weighted by Crippen LogP contribution is -2.05. The van der Waals surface area contributed by atoms with Crippen LogP contribution in [-0.4, -0.2) is 11.0 Å². The Balaban J connectivity index is 2.30. The van der Waals surface area contributed by atoms with Crippen LogP contribution in [0.3, 0.4) is 0 Å². The fraction of sp³-hybridized carbons (Fsp3) is 0.0714. The molecule has 0 N–H and O–H groups in total. The van der Waals surface area contributed by atoms with Gasteiger partial charge in [0, 0.05) is 12.1 Å². The van der Waals surface area contributed by atoms with E-state index < -0.39 is 11.7 Å². The van der Waals surface area contributed by atoms with Crippen LogP contribution in [0.4, 0.5) is 18.9 Å². The minimum Gasteiger partial charge on any atom is -0.618 e. The number of rotatable bonds is 2. The van der Waals surface area contributed by atoms with Gasteiger partial charge in [-0.05, 0) is 24.3 Å². The van der Waals surface area contributed by atoms with Crippen LogP contribution >= 0.6 is 11.6 Å². The van der Waals surface area contributed by atoms with Gasteiger partial charge in [-0.2, -0.15) is 17.9 Å². The molecule has 0 bridgehead atoms. The van der Waals surface area contributed by atoms with Gasteiger partial charge in [-0.1, -0.05) is 23.7 Å². The van der Waals surface area contributed by atoms with E-state index in [0.717, 1.165) is 24.3 Å². The predicted octanol–water partition coefficient (Wildman–Crippen LogP) is 4.62. The molecule has 6 heteroatoms. The van der Waals surface area contributed by atoms with E-state index in [-0.39, 0.29) is 5.69 Å². The highest BCUT2D eigenvalue weighted by Gasteiger charge is 2.30. The third-order valence-corrected chi connectivity index (χ3v) is 2.95. The van der Waals surface area contributed by atoms with Crippen LogP contribution in [0, 0.1) is 5.21 Å². The van der Waals surface area contributed by atoms with Gasteiger partial charge in [-0.3, -0.25) is 0 Å². The molecule has 2 aromatic rings. The molecule has 0 saturated heterocycles. The molecule has 0 radical (unpaired) electrons. The summed E-state index contributed by atoms with van der Waals surface area (Å²) in [4.78, 5) is 0. The zero-order valence-electron chi connectivity index (χ0n) is 10.1. The van der Waals surface area contributed by atoms with Gasteiger partial charge in [0.1, 0.15) is 0 Å². The maximum absolute atomic E-state index is 12.4. The van der Waals surface area contributed by atoms with Gasteiger partial charge in [0.05, 0.1) is 16.1 Å². The molecule has 0 unspecified atom stereocenters. The Hall–Kier alpha value is -2.01. The Kier molecular flexibility index (Phi) is 3.99. The second kappa shape index (κ2) is 5.54. The molecule has 0 fully saturated rings. The Morgan fingerprint density at radius 3 is 2.15 bits per heavy atom. The summed E-state index contributed by atoms with van der Waals surface area (Å²) >= 11 is 5.90. The van der Waals surface area contributed by atoms with Gasteiger partial charge >= 0.3 is 6.18 Å². The van der Waals surface area contributed by atoms with E-state index in [4.69, 9.17) is 11.6 Å². The summed E-state index contributed by atoms with van der Waals surface area (Å²) in [6, 6.07) is 10.6. The highest BCUT2D eigenvalue weighted by molar-refractivity contribution is 6.32. The van der Waals surface area contributed by atoms with Crippen molar-refractivity contribution in [2.45, 2.75) is 6.18 Å². The van der Waals surface area contributed by atoms with Crippen molar-refractivity contribution in [2.75, 3.05) is 0 Å². The largest absolute Gasteiger partial charge is 0.618 e. The SMILES string of the molecule is [O-][N+](=Cc1ccccc1Cl)c1ccc(C(F)(F)F)cc1. The fourth-order valence-electron chi connectivity index (χ4n) is 1.58. The van der Waals surface area contributed by atoms with Crippen LogP contribution in [0.1, 0.15) is 11.1 Å². The average molecular weight is 300 g/mol. The molecule has 0 saturated carbocycles. The highest BCUT2D eigenvalue weighted by atomic mass is 35.5. The average Bonchev–Trinajstić information content (AvgIpc) is 2.40. The highest BCUT2D eigenvalue weighted by Crippen LogP contribution is 2.30. The van der Waals surface area contributed by atoms with E-state index >= 15 is 0 Å². The Morgan fingerprint density at radius 1 is 1.00 bits per heavy atom. The van der Waals surface area contributed by atoms with Crippen LogP contribution in [0.5, 0.6) is 0 Å². The Morgan fingerprint density at radius 2 is 1.60 bits per heavy atom. The first-order chi connectivity index (χ1) is 9.38. The van der Waals surface area contributed by atoms with E-state index in [9.17, 15) is 18.4 Å². The van der Waals surface area contributed by atoms with Crippen LogP contribution < -0.4 is 0 Å². The first kappa shape index (κ1) is 14.4. The summed E-state index contributed by atoms with van der Waals surface area (Å²) in [6.45, 7) is 0. The molecular formula is C14H9ClF3NO. The smallest absolute Gasteiger partial charge is 0.416 e. The van der Waals surface area contributed by atoms with Gasteiger partial charge in [0.25, 0.3) is 0 Å². The molecule has 2 nitrogen and oxygen atoms in total. The van der Waals surface area contributed by atoms with Gasteiger partial charge in [-0.15, -0.1) is 0 Å². The van der Waals surface area contributed by atoms with E-state index in [0.29, 0.717) is 15.3 Å². The van der Waals surface area contributed by atoms with Crippen molar-refractivity contribution in [2.24, 2.45) is 0 Å². The Bertz CT molecular complexity index is 636. The van der Waals surface area contributed by atoms with E-state index in [1.54, 1.807) is 24.3 Å². The summed E-state index contributed by atoms with van der Waals surface area (Å²) in [7, 11) is 0. The maximum Gasteiger partial charge on any atom is 0.416 e. The monoisotopic (exact) mass is 299 g/mol. The molecule has 0 amide bonds. The molecule has 0 heterocycles. The number of halogens is 4. The molecule has 0 aliphatic carbocycles. The molecule has 0 atom stereocenters. The van der Waals surface area contributed by atoms with Crippen LogP contribution in [0.25, 0.3) is 0 Å². The third-order valence-electron chi connectivity index (χ3n) is 2.61. The number of benzene rings is 2. The fourth-order valence-corrected chi connectivity index (χ4v) is 1.76. The lowest BCUT2D eigenvalue weighted by molar-refractivity contribution is -0.354. The molecule has 0 aliphatic rings. The molecule has 104 valence electrons. The van der Waals surface area contributed by atoms with Gasteiger partial charge < -0.3 is 5.21 Å². The van der Waals surface area contributed by atoms with E-state index in [1.165, 1.54) is 6.21 Å². The molecular weight excluding hydrogens is 291 g/mol. The predicted molar refractivity (Wildman–Crippen MR) is 71.3 cm³/mol. The van der Waals surface area contributed by atoms with E-state index in [1.807, 2.05) is 0 Å². The van der Waals surface area contributed by atoms with Gasteiger partial charge in [0.2, 0.25) is 5.69 Å². The van der Waals surface area contributed by atoms with Crippen molar-refractivity contribution >= 4 is 23.5 Å². The summed E-state index contributed by atoms with van der Waals surface area (Å²) in [5.74, 6) is 0.